The largest absolute Gasteiger partial charge is 0.491 e. The average Bonchev–Trinajstić information content (AvgIpc) is 2.91. The summed E-state index contributed by atoms with van der Waals surface area (Å²) >= 11 is 0. The zero-order valence-corrected chi connectivity index (χ0v) is 23.1. The van der Waals surface area contributed by atoms with E-state index in [-0.39, 0.29) is 6.61 Å². The molecule has 0 aliphatic carbocycles. The quantitative estimate of drug-likeness (QED) is 0.172. The molecule has 0 fully saturated rings. The SMILES string of the molecule is CCCCCCCCCCCc1ccc(-c2cnc(-c3ccc(OCC(F)CC(C)C)cc3)nc2)cc1. The molecule has 0 saturated carbocycles. The van der Waals surface area contributed by atoms with Crippen LogP contribution < -0.4 is 4.74 Å². The predicted octanol–water partition coefficient (Wildman–Crippen LogP) is 9.65. The second kappa shape index (κ2) is 16.2. The maximum Gasteiger partial charge on any atom is 0.159 e. The summed E-state index contributed by atoms with van der Waals surface area (Å²) in [6.07, 6.45) is 16.7. The number of hydrogen-bond donors (Lipinski definition) is 0. The van der Waals surface area contributed by atoms with Crippen molar-refractivity contribution in [3.05, 3.63) is 66.5 Å². The zero-order valence-electron chi connectivity index (χ0n) is 23.1. The van der Waals surface area contributed by atoms with Crippen LogP contribution in [0.25, 0.3) is 22.5 Å². The first-order valence-electron chi connectivity index (χ1n) is 14.3. The molecule has 0 saturated heterocycles. The van der Waals surface area contributed by atoms with Gasteiger partial charge in [0.05, 0.1) is 0 Å². The van der Waals surface area contributed by atoms with E-state index in [0.717, 1.165) is 23.1 Å². The van der Waals surface area contributed by atoms with Crippen molar-refractivity contribution in [3.63, 3.8) is 0 Å². The van der Waals surface area contributed by atoms with Crippen LogP contribution in [-0.2, 0) is 6.42 Å². The summed E-state index contributed by atoms with van der Waals surface area (Å²) in [5.41, 5.74) is 4.45. The van der Waals surface area contributed by atoms with Crippen LogP contribution in [0.5, 0.6) is 5.75 Å². The molecule has 0 spiro atoms. The number of benzene rings is 2. The van der Waals surface area contributed by atoms with Gasteiger partial charge in [-0.1, -0.05) is 96.4 Å². The van der Waals surface area contributed by atoms with E-state index in [4.69, 9.17) is 4.74 Å². The van der Waals surface area contributed by atoms with Gasteiger partial charge in [0, 0.05) is 23.5 Å². The molecule has 2 aromatic carbocycles. The monoisotopic (exact) mass is 504 g/mol. The number of unbranched alkanes of at least 4 members (excludes halogenated alkanes) is 8. The molecule has 200 valence electrons. The molecule has 3 nitrogen and oxygen atoms in total. The maximum atomic E-state index is 13.9. The molecule has 3 rings (SSSR count). The van der Waals surface area contributed by atoms with Crippen LogP contribution in [0, 0.1) is 5.92 Å². The summed E-state index contributed by atoms with van der Waals surface area (Å²) in [5, 5.41) is 0. The van der Waals surface area contributed by atoms with Crippen molar-refractivity contribution in [2.45, 2.75) is 97.6 Å². The van der Waals surface area contributed by atoms with Gasteiger partial charge < -0.3 is 4.74 Å². The highest BCUT2D eigenvalue weighted by molar-refractivity contribution is 5.64. The fraction of sp³-hybridized carbons (Fsp3) is 0.515. The van der Waals surface area contributed by atoms with Gasteiger partial charge >= 0.3 is 0 Å². The van der Waals surface area contributed by atoms with Crippen LogP contribution in [0.1, 0.15) is 90.5 Å². The van der Waals surface area contributed by atoms with Crippen molar-refractivity contribution in [2.75, 3.05) is 6.61 Å². The van der Waals surface area contributed by atoms with Gasteiger partial charge in [-0.05, 0) is 60.6 Å². The summed E-state index contributed by atoms with van der Waals surface area (Å²) < 4.78 is 19.5. The molecule has 1 atom stereocenters. The lowest BCUT2D eigenvalue weighted by molar-refractivity contribution is 0.174. The third kappa shape index (κ3) is 10.6. The van der Waals surface area contributed by atoms with Gasteiger partial charge in [0.15, 0.2) is 5.82 Å². The fourth-order valence-corrected chi connectivity index (χ4v) is 4.60. The number of aryl methyl sites for hydroxylation is 1. The number of aromatic nitrogens is 2. The van der Waals surface area contributed by atoms with E-state index in [9.17, 15) is 4.39 Å². The highest BCUT2D eigenvalue weighted by atomic mass is 19.1. The molecule has 1 aromatic heterocycles. The third-order valence-corrected chi connectivity index (χ3v) is 6.78. The van der Waals surface area contributed by atoms with Crippen molar-refractivity contribution in [1.29, 1.82) is 0 Å². The molecular weight excluding hydrogens is 459 g/mol. The zero-order chi connectivity index (χ0) is 26.3. The van der Waals surface area contributed by atoms with Crippen LogP contribution in [0.2, 0.25) is 0 Å². The number of ether oxygens (including phenoxy) is 1. The lowest BCUT2D eigenvalue weighted by atomic mass is 10.0. The minimum atomic E-state index is -0.945. The van der Waals surface area contributed by atoms with E-state index in [0.29, 0.717) is 23.9 Å². The molecule has 0 aliphatic heterocycles. The number of nitrogens with zero attached hydrogens (tertiary/aromatic N) is 2. The van der Waals surface area contributed by atoms with Crippen molar-refractivity contribution < 1.29 is 9.13 Å². The second-order valence-electron chi connectivity index (χ2n) is 10.6. The molecule has 37 heavy (non-hydrogen) atoms. The van der Waals surface area contributed by atoms with Crippen molar-refractivity contribution >= 4 is 0 Å². The Morgan fingerprint density at radius 3 is 1.86 bits per heavy atom. The Balaban J connectivity index is 1.42. The summed E-state index contributed by atoms with van der Waals surface area (Å²) in [7, 11) is 0. The third-order valence-electron chi connectivity index (χ3n) is 6.78. The lowest BCUT2D eigenvalue weighted by Gasteiger charge is -2.12. The first-order valence-corrected chi connectivity index (χ1v) is 14.3. The number of alkyl halides is 1. The van der Waals surface area contributed by atoms with Crippen molar-refractivity contribution in [1.82, 2.24) is 9.97 Å². The van der Waals surface area contributed by atoms with Crippen molar-refractivity contribution in [3.8, 4) is 28.3 Å². The van der Waals surface area contributed by atoms with Gasteiger partial charge in [0.1, 0.15) is 18.5 Å². The van der Waals surface area contributed by atoms with Gasteiger partial charge in [-0.15, -0.1) is 0 Å². The topological polar surface area (TPSA) is 35.0 Å². The lowest BCUT2D eigenvalue weighted by Crippen LogP contribution is -2.15. The average molecular weight is 505 g/mol. The van der Waals surface area contributed by atoms with E-state index in [1.807, 2.05) is 50.5 Å². The number of halogens is 1. The minimum Gasteiger partial charge on any atom is -0.491 e. The van der Waals surface area contributed by atoms with Gasteiger partial charge in [0.2, 0.25) is 0 Å². The van der Waals surface area contributed by atoms with Crippen LogP contribution in [-0.4, -0.2) is 22.7 Å². The smallest absolute Gasteiger partial charge is 0.159 e. The molecule has 0 bridgehead atoms. The Kier molecular flexibility index (Phi) is 12.6. The molecular formula is C33H45FN2O. The molecule has 0 amide bonds. The summed E-state index contributed by atoms with van der Waals surface area (Å²) in [6, 6.07) is 16.3. The highest BCUT2D eigenvalue weighted by Gasteiger charge is 2.10. The van der Waals surface area contributed by atoms with Gasteiger partial charge in [-0.2, -0.15) is 0 Å². The molecule has 1 unspecified atom stereocenters. The van der Waals surface area contributed by atoms with Gasteiger partial charge in [-0.25, -0.2) is 14.4 Å². The van der Waals surface area contributed by atoms with Gasteiger partial charge in [-0.3, -0.25) is 0 Å². The molecule has 0 radical (unpaired) electrons. The molecule has 0 aliphatic rings. The summed E-state index contributed by atoms with van der Waals surface area (Å²) in [6.45, 7) is 6.39. The van der Waals surface area contributed by atoms with Crippen molar-refractivity contribution in [2.24, 2.45) is 5.92 Å². The number of hydrogen-bond acceptors (Lipinski definition) is 3. The molecule has 1 heterocycles. The normalized spacial score (nSPS) is 12.1. The van der Waals surface area contributed by atoms with Crippen LogP contribution >= 0.6 is 0 Å². The Morgan fingerprint density at radius 1 is 0.703 bits per heavy atom. The van der Waals surface area contributed by atoms with E-state index in [1.165, 1.54) is 63.4 Å². The minimum absolute atomic E-state index is 0.0840. The molecule has 0 N–H and O–H groups in total. The molecule has 3 aromatic rings. The Bertz CT molecular complexity index is 1000. The summed E-state index contributed by atoms with van der Waals surface area (Å²) in [4.78, 5) is 9.15. The predicted molar refractivity (Wildman–Crippen MR) is 154 cm³/mol. The van der Waals surface area contributed by atoms with Crippen LogP contribution in [0.3, 0.4) is 0 Å². The Labute approximate surface area is 223 Å². The van der Waals surface area contributed by atoms with E-state index < -0.39 is 6.17 Å². The van der Waals surface area contributed by atoms with Crippen LogP contribution in [0.4, 0.5) is 4.39 Å². The Morgan fingerprint density at radius 2 is 1.27 bits per heavy atom. The highest BCUT2D eigenvalue weighted by Crippen LogP contribution is 2.23. The van der Waals surface area contributed by atoms with E-state index >= 15 is 0 Å². The number of rotatable bonds is 17. The fourth-order valence-electron chi connectivity index (χ4n) is 4.60. The van der Waals surface area contributed by atoms with Gasteiger partial charge in [0.25, 0.3) is 0 Å². The maximum absolute atomic E-state index is 13.9. The molecule has 4 heteroatoms. The summed E-state index contributed by atoms with van der Waals surface area (Å²) in [5.74, 6) is 1.65. The first kappa shape index (κ1) is 28.8. The van der Waals surface area contributed by atoms with E-state index in [1.54, 1.807) is 0 Å². The standard InChI is InChI=1S/C33H45FN2O/c1-4-5-6-7-8-9-10-11-12-13-27-14-16-28(17-15-27)30-23-35-33(36-24-30)29-18-20-32(21-19-29)37-25-31(34)22-26(2)3/h14-21,23-24,26,31H,4-13,22,25H2,1-3H3. The van der Waals surface area contributed by atoms with Crippen LogP contribution in [0.15, 0.2) is 60.9 Å². The second-order valence-corrected chi connectivity index (χ2v) is 10.6. The van der Waals surface area contributed by atoms with E-state index in [2.05, 4.69) is 41.2 Å². The Hall–Kier alpha value is -2.75. The first-order chi connectivity index (χ1) is 18.0.